The third kappa shape index (κ3) is 3.12. The molecule has 1 aliphatic carbocycles. The summed E-state index contributed by atoms with van der Waals surface area (Å²) in [5.41, 5.74) is 1.62. The third-order valence-electron chi connectivity index (χ3n) is 4.92. The monoisotopic (exact) mass is 323 g/mol. The summed E-state index contributed by atoms with van der Waals surface area (Å²) < 4.78 is 5.74. The summed E-state index contributed by atoms with van der Waals surface area (Å²) in [4.78, 5) is 16.6. The lowest BCUT2D eigenvalue weighted by Crippen LogP contribution is -2.44. The third-order valence-corrected chi connectivity index (χ3v) is 4.92. The Hall–Kier alpha value is -2.40. The molecule has 3 atom stereocenters. The Morgan fingerprint density at radius 1 is 1.17 bits per heavy atom. The number of nitrogens with one attached hydrogen (secondary N) is 2. The zero-order valence-corrected chi connectivity index (χ0v) is 13.7. The Morgan fingerprint density at radius 3 is 2.58 bits per heavy atom. The van der Waals surface area contributed by atoms with Crippen molar-refractivity contribution in [1.82, 2.24) is 15.6 Å². The molecule has 5 heteroatoms. The summed E-state index contributed by atoms with van der Waals surface area (Å²) in [5.74, 6) is 1.96. The van der Waals surface area contributed by atoms with E-state index in [1.807, 2.05) is 31.2 Å². The van der Waals surface area contributed by atoms with E-state index in [-0.39, 0.29) is 5.91 Å². The van der Waals surface area contributed by atoms with E-state index in [4.69, 9.17) is 4.74 Å². The van der Waals surface area contributed by atoms with Crippen molar-refractivity contribution in [2.24, 2.45) is 5.92 Å². The molecule has 2 aliphatic rings. The molecule has 5 nitrogen and oxygen atoms in total. The molecule has 1 saturated carbocycles. The fourth-order valence-electron chi connectivity index (χ4n) is 3.59. The number of amides is 1. The predicted octanol–water partition coefficient (Wildman–Crippen LogP) is 2.66. The van der Waals surface area contributed by atoms with Gasteiger partial charge in [0, 0.05) is 29.9 Å². The lowest BCUT2D eigenvalue weighted by atomic mass is 10.0. The first kappa shape index (κ1) is 15.1. The van der Waals surface area contributed by atoms with Crippen molar-refractivity contribution in [2.75, 3.05) is 6.54 Å². The van der Waals surface area contributed by atoms with Crippen molar-refractivity contribution in [3.8, 4) is 11.5 Å². The summed E-state index contributed by atoms with van der Waals surface area (Å²) >= 11 is 0. The molecule has 0 radical (unpaired) electrons. The molecule has 2 fully saturated rings. The molecule has 2 heterocycles. The van der Waals surface area contributed by atoms with Crippen LogP contribution >= 0.6 is 0 Å². The Bertz CT molecular complexity index is 727. The Morgan fingerprint density at radius 2 is 1.96 bits per heavy atom. The minimum Gasteiger partial charge on any atom is -0.456 e. The number of aromatic nitrogens is 1. The van der Waals surface area contributed by atoms with Gasteiger partial charge < -0.3 is 15.4 Å². The number of hydrogen-bond acceptors (Lipinski definition) is 4. The first-order valence-corrected chi connectivity index (χ1v) is 8.42. The van der Waals surface area contributed by atoms with Crippen molar-refractivity contribution >= 4 is 5.91 Å². The molecule has 3 unspecified atom stereocenters. The van der Waals surface area contributed by atoms with Gasteiger partial charge in [-0.05, 0) is 62.1 Å². The molecule has 1 saturated heterocycles. The van der Waals surface area contributed by atoms with E-state index < -0.39 is 0 Å². The normalized spacial score (nSPS) is 24.8. The standard InChI is InChI=1S/C19H21N3O2/c1-12-2-5-17(11-20-12)24-16-6-3-13(4-7-16)19(23)22-18-9-15-8-14(18)10-21-15/h2-7,11,14-15,18,21H,8-10H2,1H3,(H,22,23). The molecule has 1 amide bonds. The topological polar surface area (TPSA) is 63.2 Å². The molecule has 124 valence electrons. The van der Waals surface area contributed by atoms with Crippen LogP contribution in [0.15, 0.2) is 42.6 Å². The van der Waals surface area contributed by atoms with Crippen molar-refractivity contribution in [2.45, 2.75) is 31.8 Å². The molecular formula is C19H21N3O2. The van der Waals surface area contributed by atoms with E-state index in [0.29, 0.717) is 35.1 Å². The summed E-state index contributed by atoms with van der Waals surface area (Å²) in [6, 6.07) is 11.9. The van der Waals surface area contributed by atoms with Crippen LogP contribution in [0.1, 0.15) is 28.9 Å². The van der Waals surface area contributed by atoms with Crippen LogP contribution in [-0.4, -0.2) is 29.5 Å². The number of pyridine rings is 1. The van der Waals surface area contributed by atoms with E-state index in [2.05, 4.69) is 15.6 Å². The van der Waals surface area contributed by atoms with E-state index in [0.717, 1.165) is 18.7 Å². The minimum absolute atomic E-state index is 0.00361. The number of aryl methyl sites for hydroxylation is 1. The van der Waals surface area contributed by atoms with Crippen LogP contribution < -0.4 is 15.4 Å². The van der Waals surface area contributed by atoms with E-state index in [9.17, 15) is 4.79 Å². The number of rotatable bonds is 4. The van der Waals surface area contributed by atoms with E-state index in [1.165, 1.54) is 6.42 Å². The van der Waals surface area contributed by atoms with Gasteiger partial charge in [-0.15, -0.1) is 0 Å². The van der Waals surface area contributed by atoms with Crippen molar-refractivity contribution in [3.05, 3.63) is 53.9 Å². The second-order valence-corrected chi connectivity index (χ2v) is 6.68. The molecule has 4 rings (SSSR count). The number of carbonyl (C=O) groups excluding carboxylic acids is 1. The predicted molar refractivity (Wildman–Crippen MR) is 91.3 cm³/mol. The highest BCUT2D eigenvalue weighted by Crippen LogP contribution is 2.31. The number of hydrogen-bond donors (Lipinski definition) is 2. The molecule has 1 aromatic carbocycles. The molecule has 2 aromatic rings. The Kier molecular flexibility index (Phi) is 3.94. The Balaban J connectivity index is 1.38. The average molecular weight is 323 g/mol. The molecular weight excluding hydrogens is 302 g/mol. The smallest absolute Gasteiger partial charge is 0.251 e. The van der Waals surface area contributed by atoms with Gasteiger partial charge in [0.1, 0.15) is 11.5 Å². The zero-order valence-electron chi connectivity index (χ0n) is 13.7. The number of carbonyl (C=O) groups is 1. The fourth-order valence-corrected chi connectivity index (χ4v) is 3.59. The van der Waals surface area contributed by atoms with Gasteiger partial charge in [-0.2, -0.15) is 0 Å². The molecule has 1 aromatic heterocycles. The van der Waals surface area contributed by atoms with Crippen LogP contribution in [-0.2, 0) is 0 Å². The summed E-state index contributed by atoms with van der Waals surface area (Å²) in [7, 11) is 0. The number of nitrogens with zero attached hydrogens (tertiary/aromatic N) is 1. The molecule has 0 spiro atoms. The van der Waals surface area contributed by atoms with Crippen molar-refractivity contribution in [3.63, 3.8) is 0 Å². The highest BCUT2D eigenvalue weighted by atomic mass is 16.5. The highest BCUT2D eigenvalue weighted by molar-refractivity contribution is 5.94. The zero-order chi connectivity index (χ0) is 16.5. The number of ether oxygens (including phenoxy) is 1. The quantitative estimate of drug-likeness (QED) is 0.908. The van der Waals surface area contributed by atoms with E-state index in [1.54, 1.807) is 18.3 Å². The first-order chi connectivity index (χ1) is 11.7. The van der Waals surface area contributed by atoms with Crippen LogP contribution in [0.5, 0.6) is 11.5 Å². The lowest BCUT2D eigenvalue weighted by Gasteiger charge is -2.23. The van der Waals surface area contributed by atoms with Crippen molar-refractivity contribution < 1.29 is 9.53 Å². The number of benzene rings is 1. The maximum absolute atomic E-state index is 12.4. The van der Waals surface area contributed by atoms with Crippen LogP contribution in [0.3, 0.4) is 0 Å². The van der Waals surface area contributed by atoms with Gasteiger partial charge in [0.2, 0.25) is 0 Å². The van der Waals surface area contributed by atoms with Crippen LogP contribution in [0.2, 0.25) is 0 Å². The Labute approximate surface area is 141 Å². The van der Waals surface area contributed by atoms with Gasteiger partial charge in [0.15, 0.2) is 0 Å². The lowest BCUT2D eigenvalue weighted by molar-refractivity contribution is 0.0925. The highest BCUT2D eigenvalue weighted by Gasteiger charge is 2.39. The molecule has 24 heavy (non-hydrogen) atoms. The van der Waals surface area contributed by atoms with Crippen LogP contribution in [0.4, 0.5) is 0 Å². The fraction of sp³-hybridized carbons (Fsp3) is 0.368. The maximum atomic E-state index is 12.4. The molecule has 1 aliphatic heterocycles. The van der Waals surface area contributed by atoms with Crippen LogP contribution in [0.25, 0.3) is 0 Å². The largest absolute Gasteiger partial charge is 0.456 e. The van der Waals surface area contributed by atoms with E-state index >= 15 is 0 Å². The van der Waals surface area contributed by atoms with Gasteiger partial charge in [0.25, 0.3) is 5.91 Å². The molecule has 2 bridgehead atoms. The first-order valence-electron chi connectivity index (χ1n) is 8.42. The number of fused-ring (bicyclic) bond motifs is 2. The van der Waals surface area contributed by atoms with Crippen molar-refractivity contribution in [1.29, 1.82) is 0 Å². The minimum atomic E-state index is -0.00361. The van der Waals surface area contributed by atoms with Gasteiger partial charge in [0.05, 0.1) is 6.20 Å². The number of piperidine rings is 1. The molecule has 2 N–H and O–H groups in total. The summed E-state index contributed by atoms with van der Waals surface area (Å²) in [6.07, 6.45) is 3.92. The van der Waals surface area contributed by atoms with Gasteiger partial charge in [-0.3, -0.25) is 9.78 Å². The van der Waals surface area contributed by atoms with Crippen LogP contribution in [0, 0.1) is 12.8 Å². The second-order valence-electron chi connectivity index (χ2n) is 6.68. The van der Waals surface area contributed by atoms with Gasteiger partial charge >= 0.3 is 0 Å². The summed E-state index contributed by atoms with van der Waals surface area (Å²) in [6.45, 7) is 2.95. The maximum Gasteiger partial charge on any atom is 0.251 e. The average Bonchev–Trinajstić information content (AvgIpc) is 3.20. The second kappa shape index (κ2) is 6.24. The SMILES string of the molecule is Cc1ccc(Oc2ccc(C(=O)NC3CC4CC3CN4)cc2)cn1. The van der Waals surface area contributed by atoms with Gasteiger partial charge in [-0.25, -0.2) is 0 Å². The summed E-state index contributed by atoms with van der Waals surface area (Å²) in [5, 5.41) is 6.63. The van der Waals surface area contributed by atoms with Gasteiger partial charge in [-0.1, -0.05) is 0 Å².